The van der Waals surface area contributed by atoms with Gasteiger partial charge in [0.15, 0.2) is 17.9 Å². The average Bonchev–Trinajstić information content (AvgIpc) is 3.24. The molecule has 2 nitrogen and oxygen atoms in total. The summed E-state index contributed by atoms with van der Waals surface area (Å²) in [5.74, 6) is 1.12. The molecule has 3 aliphatic rings. The lowest BCUT2D eigenvalue weighted by atomic mass is 9.79. The topological polar surface area (TPSA) is 18.5 Å². The number of benzene rings is 1. The van der Waals surface area contributed by atoms with E-state index in [1.165, 1.54) is 50.7 Å². The first-order valence-electron chi connectivity index (χ1n) is 10.9. The Morgan fingerprint density at radius 1 is 0.778 bits per heavy atom. The van der Waals surface area contributed by atoms with Gasteiger partial charge in [0, 0.05) is 11.8 Å². The Morgan fingerprint density at radius 2 is 1.48 bits per heavy atom. The van der Waals surface area contributed by atoms with Gasteiger partial charge < -0.3 is 9.47 Å². The summed E-state index contributed by atoms with van der Waals surface area (Å²) in [6.45, 7) is 1.76. The van der Waals surface area contributed by atoms with Crippen molar-refractivity contribution in [2.75, 3.05) is 13.2 Å². The monoisotopic (exact) mass is 378 g/mol. The highest BCUT2D eigenvalue weighted by molar-refractivity contribution is 5.17. The molecule has 1 aromatic rings. The predicted molar refractivity (Wildman–Crippen MR) is 101 cm³/mol. The van der Waals surface area contributed by atoms with E-state index in [-0.39, 0.29) is 6.29 Å². The van der Waals surface area contributed by atoms with E-state index >= 15 is 0 Å². The summed E-state index contributed by atoms with van der Waals surface area (Å²) in [6, 6.07) is 4.28. The molecule has 0 bridgehead atoms. The summed E-state index contributed by atoms with van der Waals surface area (Å²) in [4.78, 5) is 0. The highest BCUT2D eigenvalue weighted by atomic mass is 19.2. The molecule has 4 heteroatoms. The SMILES string of the molecule is Fc1ccc(CCC2CCC(C3OCC(C4CCCC4)CO3)CC2)cc1F. The molecule has 2 aliphatic carbocycles. The van der Waals surface area contributed by atoms with E-state index in [2.05, 4.69) is 0 Å². The minimum absolute atomic E-state index is 0.00482. The average molecular weight is 379 g/mol. The van der Waals surface area contributed by atoms with E-state index in [0.29, 0.717) is 17.8 Å². The van der Waals surface area contributed by atoms with Crippen molar-refractivity contribution in [2.24, 2.45) is 23.7 Å². The van der Waals surface area contributed by atoms with Crippen LogP contribution in [0, 0.1) is 35.3 Å². The van der Waals surface area contributed by atoms with Gasteiger partial charge in [-0.1, -0.05) is 31.7 Å². The van der Waals surface area contributed by atoms with Crippen LogP contribution in [-0.2, 0) is 15.9 Å². The minimum Gasteiger partial charge on any atom is -0.352 e. The molecule has 1 saturated heterocycles. The zero-order valence-corrected chi connectivity index (χ0v) is 16.2. The van der Waals surface area contributed by atoms with Crippen LogP contribution in [0.25, 0.3) is 0 Å². The molecule has 0 spiro atoms. The lowest BCUT2D eigenvalue weighted by Crippen LogP contribution is -2.40. The highest BCUT2D eigenvalue weighted by Crippen LogP contribution is 2.38. The second kappa shape index (κ2) is 9.00. The first kappa shape index (κ1) is 19.3. The molecule has 1 aromatic carbocycles. The Balaban J connectivity index is 1.17. The molecule has 0 amide bonds. The number of rotatable bonds is 5. The van der Waals surface area contributed by atoms with Gasteiger partial charge in [0.05, 0.1) is 13.2 Å². The van der Waals surface area contributed by atoms with Crippen molar-refractivity contribution in [3.05, 3.63) is 35.4 Å². The maximum absolute atomic E-state index is 13.3. The number of hydrogen-bond donors (Lipinski definition) is 0. The van der Waals surface area contributed by atoms with Crippen molar-refractivity contribution in [3.8, 4) is 0 Å². The molecule has 3 fully saturated rings. The second-order valence-corrected chi connectivity index (χ2v) is 8.91. The second-order valence-electron chi connectivity index (χ2n) is 8.91. The summed E-state index contributed by atoms with van der Waals surface area (Å²) in [5, 5.41) is 0. The molecule has 0 unspecified atom stereocenters. The molecule has 27 heavy (non-hydrogen) atoms. The van der Waals surface area contributed by atoms with E-state index < -0.39 is 11.6 Å². The van der Waals surface area contributed by atoms with Crippen LogP contribution in [0.3, 0.4) is 0 Å². The van der Waals surface area contributed by atoms with Gasteiger partial charge in [-0.15, -0.1) is 0 Å². The van der Waals surface area contributed by atoms with Crippen molar-refractivity contribution in [1.82, 2.24) is 0 Å². The molecule has 0 N–H and O–H groups in total. The predicted octanol–water partition coefficient (Wildman–Crippen LogP) is 5.88. The smallest absolute Gasteiger partial charge is 0.160 e. The summed E-state index contributed by atoms with van der Waals surface area (Å²) in [5.41, 5.74) is 0.896. The maximum atomic E-state index is 13.3. The number of ether oxygens (including phenoxy) is 2. The fourth-order valence-corrected chi connectivity index (χ4v) is 5.32. The quantitative estimate of drug-likeness (QED) is 0.637. The molecular weight excluding hydrogens is 346 g/mol. The van der Waals surface area contributed by atoms with Crippen LogP contribution in [0.5, 0.6) is 0 Å². The summed E-state index contributed by atoms with van der Waals surface area (Å²) in [7, 11) is 0. The maximum Gasteiger partial charge on any atom is 0.160 e. The minimum atomic E-state index is -0.762. The van der Waals surface area contributed by atoms with Crippen molar-refractivity contribution < 1.29 is 18.3 Å². The van der Waals surface area contributed by atoms with E-state index in [1.807, 2.05) is 0 Å². The molecule has 2 saturated carbocycles. The first-order valence-corrected chi connectivity index (χ1v) is 10.9. The van der Waals surface area contributed by atoms with E-state index in [4.69, 9.17) is 9.47 Å². The molecule has 1 aliphatic heterocycles. The number of aryl methyl sites for hydroxylation is 1. The highest BCUT2D eigenvalue weighted by Gasteiger charge is 2.35. The van der Waals surface area contributed by atoms with E-state index in [0.717, 1.165) is 50.4 Å². The molecule has 0 aromatic heterocycles. The third-order valence-electron chi connectivity index (χ3n) is 7.12. The lowest BCUT2D eigenvalue weighted by molar-refractivity contribution is -0.235. The van der Waals surface area contributed by atoms with Crippen LogP contribution in [0.1, 0.15) is 63.4 Å². The van der Waals surface area contributed by atoms with Gasteiger partial charge in [0.25, 0.3) is 0 Å². The van der Waals surface area contributed by atoms with Crippen LogP contribution < -0.4 is 0 Å². The molecule has 0 radical (unpaired) electrons. The van der Waals surface area contributed by atoms with E-state index in [9.17, 15) is 8.78 Å². The molecule has 150 valence electrons. The fraction of sp³-hybridized carbons (Fsp3) is 0.739. The van der Waals surface area contributed by atoms with Crippen molar-refractivity contribution in [3.63, 3.8) is 0 Å². The zero-order chi connectivity index (χ0) is 18.6. The van der Waals surface area contributed by atoms with Gasteiger partial charge in [-0.25, -0.2) is 8.78 Å². The van der Waals surface area contributed by atoms with Gasteiger partial charge in [0.2, 0.25) is 0 Å². The molecular formula is C23H32F2O2. The summed E-state index contributed by atoms with van der Waals surface area (Å²) in [6.07, 6.45) is 12.0. The zero-order valence-electron chi connectivity index (χ0n) is 16.2. The fourth-order valence-electron chi connectivity index (χ4n) is 5.32. The summed E-state index contributed by atoms with van der Waals surface area (Å²) < 4.78 is 38.6. The van der Waals surface area contributed by atoms with Crippen LogP contribution in [0.4, 0.5) is 8.78 Å². The van der Waals surface area contributed by atoms with Crippen LogP contribution in [0.2, 0.25) is 0 Å². The Hall–Kier alpha value is -1.00. The van der Waals surface area contributed by atoms with E-state index in [1.54, 1.807) is 6.07 Å². The van der Waals surface area contributed by atoms with Crippen molar-refractivity contribution in [2.45, 2.75) is 70.5 Å². The first-order chi connectivity index (χ1) is 13.2. The van der Waals surface area contributed by atoms with Crippen LogP contribution >= 0.6 is 0 Å². The lowest BCUT2D eigenvalue weighted by Gasteiger charge is -2.39. The van der Waals surface area contributed by atoms with Crippen LogP contribution in [0.15, 0.2) is 18.2 Å². The van der Waals surface area contributed by atoms with Gasteiger partial charge in [-0.2, -0.15) is 0 Å². The summed E-state index contributed by atoms with van der Waals surface area (Å²) >= 11 is 0. The Bertz CT molecular complexity index is 598. The van der Waals surface area contributed by atoms with Crippen molar-refractivity contribution in [1.29, 1.82) is 0 Å². The Labute approximate surface area is 161 Å². The third kappa shape index (κ3) is 4.89. The molecule has 1 heterocycles. The normalized spacial score (nSPS) is 32.7. The van der Waals surface area contributed by atoms with Gasteiger partial charge in [0.1, 0.15) is 0 Å². The van der Waals surface area contributed by atoms with Crippen molar-refractivity contribution >= 4 is 0 Å². The molecule has 4 rings (SSSR count). The Kier molecular flexibility index (Phi) is 6.44. The largest absolute Gasteiger partial charge is 0.352 e. The van der Waals surface area contributed by atoms with Gasteiger partial charge in [-0.05, 0) is 68.1 Å². The number of hydrogen-bond acceptors (Lipinski definition) is 2. The van der Waals surface area contributed by atoms with Crippen LogP contribution in [-0.4, -0.2) is 19.5 Å². The Morgan fingerprint density at radius 3 is 2.15 bits per heavy atom. The third-order valence-corrected chi connectivity index (χ3v) is 7.12. The van der Waals surface area contributed by atoms with Gasteiger partial charge in [-0.3, -0.25) is 0 Å². The standard InChI is InChI=1S/C23H32F2O2/c24-21-12-9-17(13-22(21)25)6-5-16-7-10-19(11-8-16)23-26-14-20(15-27-23)18-3-1-2-4-18/h9,12-13,16,18-20,23H,1-8,10-11,14-15H2. The molecule has 0 atom stereocenters. The van der Waals surface area contributed by atoms with Gasteiger partial charge >= 0.3 is 0 Å². The number of halogens is 2.